The lowest BCUT2D eigenvalue weighted by Crippen LogP contribution is -2.20. The summed E-state index contributed by atoms with van der Waals surface area (Å²) in [4.78, 5) is 4.03. The fraction of sp³-hybridized carbons (Fsp3) is 0.222. The van der Waals surface area contributed by atoms with Crippen molar-refractivity contribution in [3.05, 3.63) is 29.3 Å². The summed E-state index contributed by atoms with van der Waals surface area (Å²) in [6.45, 7) is 2.03. The van der Waals surface area contributed by atoms with Gasteiger partial charge in [-0.1, -0.05) is 16.8 Å². The van der Waals surface area contributed by atoms with E-state index < -0.39 is 0 Å². The highest BCUT2D eigenvalue weighted by molar-refractivity contribution is 6.32. The molecule has 0 aliphatic carbocycles. The second kappa shape index (κ2) is 2.93. The monoisotopic (exact) mass is 221 g/mol. The fourth-order valence-electron chi connectivity index (χ4n) is 1.75. The molecule has 3 rings (SSSR count). The van der Waals surface area contributed by atoms with Crippen LogP contribution in [0.1, 0.15) is 18.7 Å². The average Bonchev–Trinajstić information content (AvgIpc) is 2.69. The molecule has 0 spiro atoms. The number of hydrogen-bond donors (Lipinski definition) is 1. The van der Waals surface area contributed by atoms with Crippen molar-refractivity contribution in [2.45, 2.75) is 13.0 Å². The highest BCUT2D eigenvalue weighted by atomic mass is 35.5. The van der Waals surface area contributed by atoms with Crippen LogP contribution in [-0.4, -0.2) is 20.0 Å². The Morgan fingerprint density at radius 3 is 3.27 bits per heavy atom. The molecule has 2 aromatic rings. The van der Waals surface area contributed by atoms with Crippen molar-refractivity contribution in [1.82, 2.24) is 20.0 Å². The van der Waals surface area contributed by atoms with E-state index in [2.05, 4.69) is 20.6 Å². The zero-order chi connectivity index (χ0) is 10.4. The number of nitrogens with zero attached hydrogens (tertiary/aromatic N) is 4. The molecule has 3 heterocycles. The lowest BCUT2D eigenvalue weighted by Gasteiger charge is -2.24. The van der Waals surface area contributed by atoms with Gasteiger partial charge in [-0.05, 0) is 13.0 Å². The van der Waals surface area contributed by atoms with E-state index in [0.717, 1.165) is 17.1 Å². The maximum atomic E-state index is 6.01. The number of anilines is 1. The number of nitrogens with one attached hydrogen (secondary N) is 1. The van der Waals surface area contributed by atoms with E-state index in [1.54, 1.807) is 17.1 Å². The van der Waals surface area contributed by atoms with Crippen LogP contribution in [0.15, 0.2) is 18.5 Å². The first kappa shape index (κ1) is 8.67. The molecule has 1 atom stereocenters. The Kier molecular flexibility index (Phi) is 1.70. The van der Waals surface area contributed by atoms with Gasteiger partial charge in [0.2, 0.25) is 0 Å². The van der Waals surface area contributed by atoms with Crippen LogP contribution in [0.25, 0.3) is 5.69 Å². The van der Waals surface area contributed by atoms with Gasteiger partial charge in [0.25, 0.3) is 0 Å². The van der Waals surface area contributed by atoms with Crippen LogP contribution in [0, 0.1) is 0 Å². The predicted octanol–water partition coefficient (Wildman–Crippen LogP) is 1.80. The number of rotatable bonds is 0. The van der Waals surface area contributed by atoms with Crippen LogP contribution in [0.5, 0.6) is 0 Å². The van der Waals surface area contributed by atoms with E-state index in [-0.39, 0.29) is 6.04 Å². The van der Waals surface area contributed by atoms with E-state index in [1.165, 1.54) is 0 Å². The standard InChI is InChI=1S/C9H8ClN5/c1-5-7-4-12-14-15(7)6-2-3-11-9(10)8(6)13-5/h2-5,13H,1H3. The summed E-state index contributed by atoms with van der Waals surface area (Å²) in [5, 5.41) is 11.7. The Hall–Kier alpha value is -1.62. The van der Waals surface area contributed by atoms with Gasteiger partial charge < -0.3 is 5.32 Å². The van der Waals surface area contributed by atoms with Gasteiger partial charge in [0.05, 0.1) is 29.3 Å². The molecule has 2 aromatic heterocycles. The van der Waals surface area contributed by atoms with Gasteiger partial charge in [-0.15, -0.1) is 5.10 Å². The third-order valence-electron chi connectivity index (χ3n) is 2.49. The lowest BCUT2D eigenvalue weighted by molar-refractivity contribution is 0.699. The maximum Gasteiger partial charge on any atom is 0.154 e. The van der Waals surface area contributed by atoms with Crippen molar-refractivity contribution in [1.29, 1.82) is 0 Å². The molecule has 0 fully saturated rings. The van der Waals surface area contributed by atoms with Crippen LogP contribution in [0.3, 0.4) is 0 Å². The minimum atomic E-state index is 0.134. The molecule has 0 radical (unpaired) electrons. The summed E-state index contributed by atoms with van der Waals surface area (Å²) in [5.74, 6) is 0. The molecule has 0 bridgehead atoms. The molecule has 0 saturated carbocycles. The quantitative estimate of drug-likeness (QED) is 0.690. The van der Waals surface area contributed by atoms with Crippen LogP contribution in [0.4, 0.5) is 5.69 Å². The summed E-state index contributed by atoms with van der Waals surface area (Å²) >= 11 is 6.01. The number of hydrogen-bond acceptors (Lipinski definition) is 4. The third kappa shape index (κ3) is 1.13. The van der Waals surface area contributed by atoms with Crippen molar-refractivity contribution in [3.63, 3.8) is 0 Å². The molecule has 15 heavy (non-hydrogen) atoms. The number of pyridine rings is 1. The normalized spacial score (nSPS) is 17.9. The lowest BCUT2D eigenvalue weighted by atomic mass is 10.1. The smallest absolute Gasteiger partial charge is 0.154 e. The van der Waals surface area contributed by atoms with Gasteiger partial charge in [0.1, 0.15) is 0 Å². The molecule has 0 aromatic carbocycles. The highest BCUT2D eigenvalue weighted by Crippen LogP contribution is 2.35. The van der Waals surface area contributed by atoms with Crippen LogP contribution >= 0.6 is 11.6 Å². The molecular formula is C9H8ClN5. The zero-order valence-corrected chi connectivity index (χ0v) is 8.73. The second-order valence-electron chi connectivity index (χ2n) is 3.43. The van der Waals surface area contributed by atoms with E-state index in [9.17, 15) is 0 Å². The highest BCUT2D eigenvalue weighted by Gasteiger charge is 2.24. The first-order valence-corrected chi connectivity index (χ1v) is 4.97. The average molecular weight is 222 g/mol. The maximum absolute atomic E-state index is 6.01. The Morgan fingerprint density at radius 1 is 1.53 bits per heavy atom. The Bertz CT molecular complexity index is 521. The molecule has 5 nitrogen and oxygen atoms in total. The largest absolute Gasteiger partial charge is 0.373 e. The van der Waals surface area contributed by atoms with Crippen LogP contribution in [0.2, 0.25) is 5.15 Å². The number of halogens is 1. The van der Waals surface area contributed by atoms with E-state index in [4.69, 9.17) is 11.6 Å². The van der Waals surface area contributed by atoms with E-state index in [1.807, 2.05) is 13.0 Å². The van der Waals surface area contributed by atoms with Crippen molar-refractivity contribution in [2.75, 3.05) is 5.32 Å². The molecule has 1 unspecified atom stereocenters. The topological polar surface area (TPSA) is 55.6 Å². The van der Waals surface area contributed by atoms with Gasteiger partial charge in [-0.2, -0.15) is 0 Å². The molecule has 6 heteroatoms. The van der Waals surface area contributed by atoms with Crippen LogP contribution < -0.4 is 5.32 Å². The van der Waals surface area contributed by atoms with Gasteiger partial charge in [0, 0.05) is 6.20 Å². The van der Waals surface area contributed by atoms with Gasteiger partial charge in [-0.25, -0.2) is 9.67 Å². The Labute approximate surface area is 91.1 Å². The van der Waals surface area contributed by atoms with Crippen molar-refractivity contribution >= 4 is 17.3 Å². The van der Waals surface area contributed by atoms with Gasteiger partial charge >= 0.3 is 0 Å². The summed E-state index contributed by atoms with van der Waals surface area (Å²) < 4.78 is 1.78. The van der Waals surface area contributed by atoms with Gasteiger partial charge in [0.15, 0.2) is 5.15 Å². The Morgan fingerprint density at radius 2 is 2.40 bits per heavy atom. The molecule has 0 amide bonds. The predicted molar refractivity (Wildman–Crippen MR) is 56.2 cm³/mol. The zero-order valence-electron chi connectivity index (χ0n) is 7.98. The summed E-state index contributed by atoms with van der Waals surface area (Å²) in [6, 6.07) is 1.99. The summed E-state index contributed by atoms with van der Waals surface area (Å²) in [7, 11) is 0. The third-order valence-corrected chi connectivity index (χ3v) is 2.78. The molecule has 0 saturated heterocycles. The second-order valence-corrected chi connectivity index (χ2v) is 3.79. The van der Waals surface area contributed by atoms with E-state index >= 15 is 0 Å². The van der Waals surface area contributed by atoms with Crippen molar-refractivity contribution in [2.24, 2.45) is 0 Å². The summed E-state index contributed by atoms with van der Waals surface area (Å²) in [5.41, 5.74) is 2.72. The van der Waals surface area contributed by atoms with Crippen molar-refractivity contribution < 1.29 is 0 Å². The molecule has 76 valence electrons. The SMILES string of the molecule is CC1Nc2c(ccnc2Cl)-n2nncc21. The summed E-state index contributed by atoms with van der Waals surface area (Å²) in [6.07, 6.45) is 3.40. The minimum absolute atomic E-state index is 0.134. The molecule has 1 aliphatic heterocycles. The Balaban J connectivity index is 2.31. The molecule has 1 N–H and O–H groups in total. The number of aromatic nitrogens is 4. The fourth-order valence-corrected chi connectivity index (χ4v) is 1.96. The number of fused-ring (bicyclic) bond motifs is 3. The molecule has 1 aliphatic rings. The first-order chi connectivity index (χ1) is 7.27. The van der Waals surface area contributed by atoms with E-state index in [0.29, 0.717) is 5.15 Å². The van der Waals surface area contributed by atoms with Gasteiger partial charge in [-0.3, -0.25) is 0 Å². The van der Waals surface area contributed by atoms with Crippen molar-refractivity contribution in [3.8, 4) is 5.69 Å². The molecular weight excluding hydrogens is 214 g/mol. The van der Waals surface area contributed by atoms with Crippen LogP contribution in [-0.2, 0) is 0 Å². The minimum Gasteiger partial charge on any atom is -0.373 e. The first-order valence-electron chi connectivity index (χ1n) is 4.59.